The van der Waals surface area contributed by atoms with Crippen molar-refractivity contribution in [2.75, 3.05) is 6.54 Å². The van der Waals surface area contributed by atoms with Gasteiger partial charge in [-0.25, -0.2) is 0 Å². The van der Waals surface area contributed by atoms with Gasteiger partial charge < -0.3 is 4.74 Å². The second kappa shape index (κ2) is 2.98. The van der Waals surface area contributed by atoms with Crippen molar-refractivity contribution < 1.29 is 4.74 Å². The maximum Gasteiger partial charge on any atom is 0.116 e. The monoisotopic (exact) mass is 211 g/mol. The molecule has 0 N–H and O–H groups in total. The largest absolute Gasteiger partial charge is 0.355 e. The highest BCUT2D eigenvalue weighted by molar-refractivity contribution is 5.07. The second-order valence-corrected chi connectivity index (χ2v) is 7.32. The Labute approximate surface area is 94.0 Å². The maximum absolute atomic E-state index is 6.29. The fourth-order valence-electron chi connectivity index (χ4n) is 2.38. The van der Waals surface area contributed by atoms with Gasteiger partial charge in [0.1, 0.15) is 6.23 Å². The Kier molecular flexibility index (Phi) is 2.27. The summed E-state index contributed by atoms with van der Waals surface area (Å²) in [5.74, 6) is 0. The molecule has 88 valence electrons. The van der Waals surface area contributed by atoms with E-state index in [0.29, 0.717) is 0 Å². The summed E-state index contributed by atoms with van der Waals surface area (Å²) in [5, 5.41) is 0. The average Bonchev–Trinajstić information content (AvgIpc) is 2.55. The van der Waals surface area contributed by atoms with Crippen LogP contribution in [0.15, 0.2) is 0 Å². The summed E-state index contributed by atoms with van der Waals surface area (Å²) >= 11 is 0. The third-order valence-electron chi connectivity index (χ3n) is 3.51. The lowest BCUT2D eigenvalue weighted by molar-refractivity contribution is -0.0980. The van der Waals surface area contributed by atoms with E-state index >= 15 is 0 Å². The zero-order chi connectivity index (χ0) is 11.5. The van der Waals surface area contributed by atoms with Gasteiger partial charge in [0.2, 0.25) is 0 Å². The molecule has 1 heterocycles. The van der Waals surface area contributed by atoms with Crippen molar-refractivity contribution in [2.45, 2.75) is 71.8 Å². The molecule has 2 nitrogen and oxygen atoms in total. The predicted molar refractivity (Wildman–Crippen MR) is 62.8 cm³/mol. The third-order valence-corrected chi connectivity index (χ3v) is 3.51. The standard InChI is InChI=1S/C13H25NO/c1-11(2,3)10-14(12(4,5)6)9-13(15-10)7-8-13/h10H,7-9H2,1-6H3. The van der Waals surface area contributed by atoms with Crippen molar-refractivity contribution in [3.63, 3.8) is 0 Å². The summed E-state index contributed by atoms with van der Waals surface area (Å²) in [4.78, 5) is 2.54. The number of rotatable bonds is 0. The predicted octanol–water partition coefficient (Wildman–Crippen LogP) is 3.02. The lowest BCUT2D eigenvalue weighted by Crippen LogP contribution is -2.50. The fourth-order valence-corrected chi connectivity index (χ4v) is 2.38. The normalized spacial score (nSPS) is 31.2. The van der Waals surface area contributed by atoms with E-state index in [2.05, 4.69) is 46.4 Å². The second-order valence-electron chi connectivity index (χ2n) is 7.32. The minimum atomic E-state index is 0.208. The Morgan fingerprint density at radius 3 is 1.87 bits per heavy atom. The highest BCUT2D eigenvalue weighted by atomic mass is 16.5. The summed E-state index contributed by atoms with van der Waals surface area (Å²) < 4.78 is 6.29. The van der Waals surface area contributed by atoms with Crippen LogP contribution in [0.3, 0.4) is 0 Å². The van der Waals surface area contributed by atoms with Gasteiger partial charge in [-0.2, -0.15) is 0 Å². The number of ether oxygens (including phenoxy) is 1. The summed E-state index contributed by atoms with van der Waals surface area (Å²) in [6.45, 7) is 14.8. The van der Waals surface area contributed by atoms with Crippen LogP contribution in [0.1, 0.15) is 54.4 Å². The molecule has 1 atom stereocenters. The van der Waals surface area contributed by atoms with Gasteiger partial charge in [0.15, 0.2) is 0 Å². The molecule has 2 aliphatic rings. The van der Waals surface area contributed by atoms with E-state index in [-0.39, 0.29) is 22.8 Å². The van der Waals surface area contributed by atoms with Crippen LogP contribution in [-0.2, 0) is 4.74 Å². The Hall–Kier alpha value is -0.0800. The van der Waals surface area contributed by atoms with Gasteiger partial charge in [-0.15, -0.1) is 0 Å². The summed E-state index contributed by atoms with van der Waals surface area (Å²) in [6.07, 6.45) is 2.79. The van der Waals surface area contributed by atoms with Crippen LogP contribution >= 0.6 is 0 Å². The van der Waals surface area contributed by atoms with Crippen LogP contribution in [0.25, 0.3) is 0 Å². The molecule has 1 unspecified atom stereocenters. The van der Waals surface area contributed by atoms with E-state index < -0.39 is 0 Å². The molecule has 15 heavy (non-hydrogen) atoms. The minimum Gasteiger partial charge on any atom is -0.355 e. The zero-order valence-electron chi connectivity index (χ0n) is 11.1. The molecule has 0 radical (unpaired) electrons. The average molecular weight is 211 g/mol. The number of nitrogens with zero attached hydrogens (tertiary/aromatic N) is 1. The quantitative estimate of drug-likeness (QED) is 0.610. The van der Waals surface area contributed by atoms with Gasteiger partial charge in [-0.05, 0) is 33.6 Å². The van der Waals surface area contributed by atoms with Gasteiger partial charge in [0, 0.05) is 17.5 Å². The van der Waals surface area contributed by atoms with E-state index in [9.17, 15) is 0 Å². The topological polar surface area (TPSA) is 12.5 Å². The Bertz CT molecular complexity index is 231. The van der Waals surface area contributed by atoms with Crippen molar-refractivity contribution in [1.82, 2.24) is 4.90 Å². The molecule has 0 aromatic rings. The molecule has 2 heteroatoms. The lowest BCUT2D eigenvalue weighted by atomic mass is 9.91. The van der Waals surface area contributed by atoms with Crippen LogP contribution in [0.4, 0.5) is 0 Å². The van der Waals surface area contributed by atoms with Crippen LogP contribution in [0, 0.1) is 5.41 Å². The molecular formula is C13H25NO. The molecule has 1 aliphatic carbocycles. The molecule has 1 saturated heterocycles. The first kappa shape index (κ1) is 11.4. The van der Waals surface area contributed by atoms with Crippen LogP contribution in [-0.4, -0.2) is 28.8 Å². The molecular weight excluding hydrogens is 186 g/mol. The first-order valence-corrected chi connectivity index (χ1v) is 6.09. The van der Waals surface area contributed by atoms with Gasteiger partial charge >= 0.3 is 0 Å². The van der Waals surface area contributed by atoms with Crippen molar-refractivity contribution >= 4 is 0 Å². The van der Waals surface area contributed by atoms with E-state index in [1.807, 2.05) is 0 Å². The molecule has 2 fully saturated rings. The molecule has 1 spiro atoms. The Morgan fingerprint density at radius 1 is 1.07 bits per heavy atom. The Morgan fingerprint density at radius 2 is 1.60 bits per heavy atom. The van der Waals surface area contributed by atoms with E-state index in [1.54, 1.807) is 0 Å². The fraction of sp³-hybridized carbons (Fsp3) is 1.00. The van der Waals surface area contributed by atoms with Gasteiger partial charge in [0.25, 0.3) is 0 Å². The first-order chi connectivity index (χ1) is 6.64. The van der Waals surface area contributed by atoms with Crippen molar-refractivity contribution in [2.24, 2.45) is 5.41 Å². The van der Waals surface area contributed by atoms with Gasteiger partial charge in [0.05, 0.1) is 5.60 Å². The first-order valence-electron chi connectivity index (χ1n) is 6.09. The minimum absolute atomic E-state index is 0.208. The van der Waals surface area contributed by atoms with Crippen LogP contribution in [0.5, 0.6) is 0 Å². The van der Waals surface area contributed by atoms with Crippen molar-refractivity contribution in [3.05, 3.63) is 0 Å². The summed E-state index contributed by atoms with van der Waals surface area (Å²) in [5.41, 5.74) is 0.647. The number of hydrogen-bond acceptors (Lipinski definition) is 2. The molecule has 2 rings (SSSR count). The highest BCUT2D eigenvalue weighted by Gasteiger charge is 2.57. The molecule has 1 saturated carbocycles. The smallest absolute Gasteiger partial charge is 0.116 e. The lowest BCUT2D eigenvalue weighted by Gasteiger charge is -2.41. The molecule has 0 amide bonds. The summed E-state index contributed by atoms with van der Waals surface area (Å²) in [6, 6.07) is 0. The molecule has 0 bridgehead atoms. The molecule has 1 aliphatic heterocycles. The van der Waals surface area contributed by atoms with Gasteiger partial charge in [-0.1, -0.05) is 20.8 Å². The van der Waals surface area contributed by atoms with Crippen LogP contribution < -0.4 is 0 Å². The highest BCUT2D eigenvalue weighted by Crippen LogP contribution is 2.51. The van der Waals surface area contributed by atoms with E-state index in [4.69, 9.17) is 4.74 Å². The van der Waals surface area contributed by atoms with Crippen molar-refractivity contribution in [3.8, 4) is 0 Å². The maximum atomic E-state index is 6.29. The summed E-state index contributed by atoms with van der Waals surface area (Å²) in [7, 11) is 0. The zero-order valence-corrected chi connectivity index (χ0v) is 11.1. The molecule has 0 aromatic heterocycles. The van der Waals surface area contributed by atoms with E-state index in [0.717, 1.165) is 6.54 Å². The molecule has 0 aromatic carbocycles. The van der Waals surface area contributed by atoms with Crippen LogP contribution in [0.2, 0.25) is 0 Å². The Balaban J connectivity index is 2.21. The SMILES string of the molecule is CC(C)(C)C1OC2(CC2)CN1C(C)(C)C. The number of hydrogen-bond donors (Lipinski definition) is 0. The van der Waals surface area contributed by atoms with Gasteiger partial charge in [-0.3, -0.25) is 4.90 Å². The third kappa shape index (κ3) is 2.07. The van der Waals surface area contributed by atoms with Crippen molar-refractivity contribution in [1.29, 1.82) is 0 Å². The van der Waals surface area contributed by atoms with E-state index in [1.165, 1.54) is 12.8 Å².